The largest absolute Gasteiger partial charge is 1.00 e. The number of carboxylic acid groups (broad SMARTS) is 1. The number of alkyl carbamates (subject to hydrolysis) is 4. The second-order valence-corrected chi connectivity index (χ2v) is 28.7. The number of halogens is 1. The van der Waals surface area contributed by atoms with Gasteiger partial charge in [0.1, 0.15) is 48.3 Å². The maximum absolute atomic E-state index is 13.2. The van der Waals surface area contributed by atoms with Crippen LogP contribution >= 0.6 is 12.4 Å². The molecule has 640 valence electrons. The fraction of sp³-hybridized carbons (Fsp3) is 0.725. The summed E-state index contributed by atoms with van der Waals surface area (Å²) < 4.78 is 78.1. The minimum atomic E-state index is -4.02. The molecule has 12 N–H and O–H groups in total. The van der Waals surface area contributed by atoms with Crippen molar-refractivity contribution in [3.05, 3.63) is 29.8 Å². The average molecular weight is 1650 g/mol. The number of esters is 4. The second kappa shape index (κ2) is 54.1. The molecule has 1 unspecified atom stereocenters. The van der Waals surface area contributed by atoms with Gasteiger partial charge in [-0.3, -0.25) is 28.5 Å². The molecule has 5 heterocycles. The fourth-order valence-corrected chi connectivity index (χ4v) is 11.7. The van der Waals surface area contributed by atoms with Gasteiger partial charge in [-0.25, -0.2) is 38.4 Å². The molecule has 14 atom stereocenters. The second-order valence-electron chi connectivity index (χ2n) is 27.2. The molecule has 1 aromatic rings. The molecule has 0 aromatic heterocycles. The molecule has 112 heavy (non-hydrogen) atoms. The predicted octanol–water partition coefficient (Wildman–Crippen LogP) is -1.77. The number of methoxy groups -OCH3 is 8. The monoisotopic (exact) mass is 1640 g/mol. The summed E-state index contributed by atoms with van der Waals surface area (Å²) in [6.45, 7) is 23.5. The number of rotatable bonds is 19. The molecular formula is C69H118ClLiN8O32S. The third-order valence-electron chi connectivity index (χ3n) is 16.6. The Balaban J connectivity index is -0.000000629. The Hall–Kier alpha value is -7.79. The molecule has 40 nitrogen and oxygen atoms in total. The summed E-state index contributed by atoms with van der Waals surface area (Å²) >= 11 is 0. The van der Waals surface area contributed by atoms with Gasteiger partial charge in [0.25, 0.3) is 10.1 Å². The third-order valence-corrected chi connectivity index (χ3v) is 17.5. The van der Waals surface area contributed by atoms with Gasteiger partial charge in [0.05, 0.1) is 111 Å². The molecule has 6 rings (SSSR count). The molecule has 0 aliphatic carbocycles. The smallest absolute Gasteiger partial charge is 0.870 e. The summed E-state index contributed by atoms with van der Waals surface area (Å²) in [5, 5.41) is 56.9. The van der Waals surface area contributed by atoms with Crippen molar-refractivity contribution in [2.24, 2.45) is 23.7 Å². The van der Waals surface area contributed by atoms with Crippen molar-refractivity contribution in [3.63, 3.8) is 0 Å². The van der Waals surface area contributed by atoms with E-state index in [2.05, 4.69) is 59.7 Å². The van der Waals surface area contributed by atoms with Crippen LogP contribution in [0.3, 0.4) is 0 Å². The number of hydrogen-bond acceptors (Lipinski definition) is 31. The molecule has 0 saturated carbocycles. The number of ketones is 1. The van der Waals surface area contributed by atoms with Gasteiger partial charge >= 0.3 is 73.1 Å². The Morgan fingerprint density at radius 1 is 0.545 bits per heavy atom. The number of hydrogen-bond donors (Lipinski definition) is 11. The minimum absolute atomic E-state index is 0. The van der Waals surface area contributed by atoms with Crippen LogP contribution in [0.4, 0.5) is 19.2 Å². The van der Waals surface area contributed by atoms with E-state index in [0.29, 0.717) is 19.4 Å². The number of amides is 7. The van der Waals surface area contributed by atoms with Crippen molar-refractivity contribution in [1.82, 2.24) is 41.3 Å². The number of carbonyl (C=O) groups excluding carboxylic acids is 12. The predicted molar refractivity (Wildman–Crippen MR) is 393 cm³/mol. The average Bonchev–Trinajstić information content (AvgIpc) is 1.61. The number of carbonyl (C=O) groups is 13. The van der Waals surface area contributed by atoms with Crippen LogP contribution in [0.1, 0.15) is 127 Å². The maximum Gasteiger partial charge on any atom is 1.00 e. The van der Waals surface area contributed by atoms with Crippen LogP contribution in [0.25, 0.3) is 0 Å². The first-order valence-corrected chi connectivity index (χ1v) is 36.2. The number of aryl methyl sites for hydroxylation is 1. The molecule has 1 spiro atoms. The summed E-state index contributed by atoms with van der Waals surface area (Å²) in [6, 6.07) is -0.391. The number of aliphatic carboxylic acids is 1. The van der Waals surface area contributed by atoms with E-state index >= 15 is 0 Å². The van der Waals surface area contributed by atoms with E-state index in [0.717, 1.165) is 16.9 Å². The molecule has 1 aromatic carbocycles. The summed E-state index contributed by atoms with van der Waals surface area (Å²) in [5.74, 6) is -6.56. The topological polar surface area (TPSA) is 570 Å². The van der Waals surface area contributed by atoms with Gasteiger partial charge in [-0.05, 0) is 83.3 Å². The maximum atomic E-state index is 13.2. The number of benzene rings is 1. The molecule has 0 bridgehead atoms. The van der Waals surface area contributed by atoms with E-state index < -0.39 is 136 Å². The number of aliphatic hydroxyl groups excluding tert-OH is 4. The first-order chi connectivity index (χ1) is 50.6. The van der Waals surface area contributed by atoms with Gasteiger partial charge in [0.15, 0.2) is 11.6 Å². The number of aliphatic hydroxyl groups is 4. The van der Waals surface area contributed by atoms with Crippen LogP contribution in [0.5, 0.6) is 0 Å². The zero-order chi connectivity index (χ0) is 84.3. The van der Waals surface area contributed by atoms with Gasteiger partial charge in [-0.1, -0.05) is 73.1 Å². The quantitative estimate of drug-likeness (QED) is 0.0316. The van der Waals surface area contributed by atoms with Gasteiger partial charge in [0, 0.05) is 38.8 Å². The van der Waals surface area contributed by atoms with Gasteiger partial charge in [0.2, 0.25) is 17.7 Å². The van der Waals surface area contributed by atoms with Crippen molar-refractivity contribution >= 4 is 100 Å². The van der Waals surface area contributed by atoms with E-state index in [9.17, 15) is 75.9 Å². The van der Waals surface area contributed by atoms with Crippen LogP contribution < -0.4 is 45.4 Å². The van der Waals surface area contributed by atoms with E-state index in [1.165, 1.54) is 78.8 Å². The molecule has 5 fully saturated rings. The van der Waals surface area contributed by atoms with Gasteiger partial charge in [-0.15, -0.1) is 12.4 Å². The summed E-state index contributed by atoms with van der Waals surface area (Å²) in [6.07, 6.45) is -3.05. The first kappa shape index (κ1) is 111. The number of β-amino-alcohol motifs (C(OH)–C–C–N with tert-alkyl or cyclic N) is 2. The summed E-state index contributed by atoms with van der Waals surface area (Å²) in [7, 11) is 5.82. The van der Waals surface area contributed by atoms with Crippen LogP contribution in [0, 0.1) is 30.6 Å². The van der Waals surface area contributed by atoms with Crippen LogP contribution in [0.2, 0.25) is 0 Å². The molecule has 7 amide bonds. The van der Waals surface area contributed by atoms with Crippen molar-refractivity contribution in [2.75, 3.05) is 83.1 Å². The SMILES string of the molecule is CC(O)C[C@H](C)O.COC(=O)N[C@H](C(=O)N1CC(=O)C[C@H]1C(=O)OC)C(C)C.COC(=O)N[C@H](C(=O)N1CC2(C[C@H]1C(=O)OC)O[C@@H](C)C[C@H](C)O2)C(C)C.COC(=O)N[C@H](C(=O)N1C[C@H](O)C[C@H]1C(=O)OC)C(C)C.COC(=O)N[C@H](C(=O)O)C(C)C.COC(=O)[C@@H]1C[C@@H](O)CN1.Cc1ccc(S(=O)(=O)O)cc1.Cl.[Li+].[OH-]. The molecule has 5 saturated heterocycles. The minimum Gasteiger partial charge on any atom is -0.870 e. The number of carboxylic acids is 1. The van der Waals surface area contributed by atoms with Crippen molar-refractivity contribution < 1.29 is 173 Å². The number of likely N-dealkylation sites (tertiary alicyclic amines) is 3. The molecular weight excluding hydrogens is 1530 g/mol. The number of Topliss-reactive ketones (excluding diaryl/α,β-unsaturated/α-hetero) is 1. The van der Waals surface area contributed by atoms with E-state index in [1.54, 1.807) is 81.4 Å². The van der Waals surface area contributed by atoms with Crippen LogP contribution in [-0.4, -0.2) is 310 Å². The Morgan fingerprint density at radius 3 is 1.24 bits per heavy atom. The fourth-order valence-electron chi connectivity index (χ4n) is 11.2. The number of nitrogens with zero attached hydrogens (tertiary/aromatic N) is 3. The van der Waals surface area contributed by atoms with E-state index in [1.807, 2.05) is 20.8 Å². The zero-order valence-electron chi connectivity index (χ0n) is 67.8. The van der Waals surface area contributed by atoms with Gasteiger partial charge < -0.3 is 120 Å². The molecule has 0 radical (unpaired) electrons. The van der Waals surface area contributed by atoms with E-state index in [4.69, 9.17) is 39.2 Å². The number of nitrogens with one attached hydrogen (secondary N) is 5. The Bertz CT molecular complexity index is 3230. The van der Waals surface area contributed by atoms with Crippen LogP contribution in [0.15, 0.2) is 29.2 Å². The standard InChI is InChI=1S/C18H30N2O7.C13H22N2O6.C13H20N2O6.C7H13NO4.C7H8O3S.C6H11NO3.C5H12O2.ClH.Li.H2O/c1-10(2)14(19-17(23)25-6)15(21)20-9-18(8-13(20)16(22)24-5)26-11(3)7-12(4)27-18;2*1-7(2)10(14-13(19)21-4)11(17)15-6-8(16)5-9(15)12(18)20-3;1-4(2)5(6(9)10)8-7(11)12-3;1-6-2-4-7(5-3-6)11(8,9)10;1-10-6(9)5-2-4(8)3-7-5;1-4(6)3-5(2)7;;;/h10-14H,7-9H2,1-6H3,(H,19,23);7-10,16H,5-6H2,1-4H3,(H,14,19);7,9-10H,5-6H2,1-4H3,(H,14,19);4-5H,1-3H3,(H,8,11)(H,9,10);2-5H,1H3,(H,8,9,10);4-5,7-8H,2-3H2,1H3;4-7H,3H2,1-2H3;1H;;1H2/q;;;;;;;;+1;/p-1/t11-,12-,13-,14-;8-,9+,10+;9-,10-;5-;;4-,5+;4-,5?;;;/m0100.10.../s1. The van der Waals surface area contributed by atoms with E-state index in [-0.39, 0.29) is 146 Å². The van der Waals surface area contributed by atoms with Crippen molar-refractivity contribution in [2.45, 2.75) is 224 Å². The Morgan fingerprint density at radius 2 is 0.911 bits per heavy atom. The van der Waals surface area contributed by atoms with Gasteiger partial charge in [-0.2, -0.15) is 8.42 Å². The van der Waals surface area contributed by atoms with Crippen LogP contribution in [-0.2, 0) is 101 Å². The number of ether oxygens (including phenoxy) is 10. The van der Waals surface area contributed by atoms with Crippen molar-refractivity contribution in [3.8, 4) is 0 Å². The summed E-state index contributed by atoms with van der Waals surface area (Å²) in [4.78, 5) is 155. The zero-order valence-corrected chi connectivity index (χ0v) is 69.4. The summed E-state index contributed by atoms with van der Waals surface area (Å²) in [5.41, 5.74) is 0.956. The Labute approximate surface area is 671 Å². The third kappa shape index (κ3) is 38.4. The normalized spacial score (nSPS) is 22.1. The molecule has 5 aliphatic heterocycles. The Kier molecular flexibility index (Phi) is 53.4. The first-order valence-electron chi connectivity index (χ1n) is 34.8. The van der Waals surface area contributed by atoms with Crippen molar-refractivity contribution in [1.29, 1.82) is 0 Å². The molecule has 5 aliphatic rings. The molecule has 43 heteroatoms.